The maximum absolute atomic E-state index is 4.60. The largest absolute Gasteiger partial charge is 0.357 e. The summed E-state index contributed by atoms with van der Waals surface area (Å²) in [5, 5.41) is 10.9. The third-order valence-electron chi connectivity index (χ3n) is 3.69. The van der Waals surface area contributed by atoms with Gasteiger partial charge in [-0.05, 0) is 32.9 Å². The first-order chi connectivity index (χ1) is 10.3. The zero-order chi connectivity index (χ0) is 14.9. The molecule has 1 fully saturated rings. The minimum atomic E-state index is 0.660. The van der Waals surface area contributed by atoms with Crippen molar-refractivity contribution in [3.8, 4) is 0 Å². The maximum atomic E-state index is 4.60. The highest BCUT2D eigenvalue weighted by atomic mass is 15.2. The van der Waals surface area contributed by atoms with E-state index in [0.29, 0.717) is 6.54 Å². The molecule has 2 N–H and O–H groups in total. The number of aromatic nitrogens is 2. The monoisotopic (exact) mass is 292 g/mol. The standard InChI is InChI=1S/C15H28N6/c1-3-16-15(18-11-14-12-19-20(2)13-14)17-7-10-21-8-5-4-6-9-21/h12-13H,3-11H2,1-2H3,(H2,16,17,18). The minimum Gasteiger partial charge on any atom is -0.357 e. The molecule has 1 aromatic heterocycles. The third kappa shape index (κ3) is 5.75. The fourth-order valence-electron chi connectivity index (χ4n) is 2.58. The average Bonchev–Trinajstić information content (AvgIpc) is 2.91. The van der Waals surface area contributed by atoms with Crippen molar-refractivity contribution in [1.29, 1.82) is 0 Å². The van der Waals surface area contributed by atoms with Crippen molar-refractivity contribution in [3.63, 3.8) is 0 Å². The molecule has 0 aromatic carbocycles. The molecule has 0 radical (unpaired) electrons. The maximum Gasteiger partial charge on any atom is 0.191 e. The van der Waals surface area contributed by atoms with Crippen molar-refractivity contribution >= 4 is 5.96 Å². The predicted octanol–water partition coefficient (Wildman–Crippen LogP) is 0.961. The minimum absolute atomic E-state index is 0.660. The Balaban J connectivity index is 1.74. The molecule has 6 heteroatoms. The van der Waals surface area contributed by atoms with Gasteiger partial charge in [-0.15, -0.1) is 0 Å². The third-order valence-corrected chi connectivity index (χ3v) is 3.69. The Hall–Kier alpha value is -1.56. The summed E-state index contributed by atoms with van der Waals surface area (Å²) in [6.07, 6.45) is 7.94. The lowest BCUT2D eigenvalue weighted by Gasteiger charge is -2.26. The lowest BCUT2D eigenvalue weighted by Crippen LogP contribution is -2.42. The van der Waals surface area contributed by atoms with Crippen molar-refractivity contribution in [2.75, 3.05) is 32.7 Å². The zero-order valence-electron chi connectivity index (χ0n) is 13.3. The first-order valence-electron chi connectivity index (χ1n) is 8.00. The number of hydrogen-bond donors (Lipinski definition) is 2. The van der Waals surface area contributed by atoms with Crippen molar-refractivity contribution < 1.29 is 0 Å². The Labute approximate surface area is 127 Å². The van der Waals surface area contributed by atoms with Crippen molar-refractivity contribution in [1.82, 2.24) is 25.3 Å². The van der Waals surface area contributed by atoms with Gasteiger partial charge in [0.1, 0.15) is 0 Å². The normalized spacial score (nSPS) is 17.0. The number of nitrogens with one attached hydrogen (secondary N) is 2. The van der Waals surface area contributed by atoms with Gasteiger partial charge in [0.15, 0.2) is 5.96 Å². The molecule has 2 heterocycles. The van der Waals surface area contributed by atoms with Crippen LogP contribution >= 0.6 is 0 Å². The topological polar surface area (TPSA) is 57.5 Å². The number of aliphatic imine (C=N–C) groups is 1. The summed E-state index contributed by atoms with van der Waals surface area (Å²) in [7, 11) is 1.93. The van der Waals surface area contributed by atoms with E-state index in [9.17, 15) is 0 Å². The number of rotatable bonds is 6. The van der Waals surface area contributed by atoms with Crippen LogP contribution in [-0.2, 0) is 13.6 Å². The molecule has 1 aliphatic heterocycles. The second kappa shape index (κ2) is 8.67. The molecule has 0 amide bonds. The molecule has 6 nitrogen and oxygen atoms in total. The number of hydrogen-bond acceptors (Lipinski definition) is 3. The molecule has 1 aliphatic rings. The van der Waals surface area contributed by atoms with E-state index in [1.807, 2.05) is 24.1 Å². The average molecular weight is 292 g/mol. The summed E-state index contributed by atoms with van der Waals surface area (Å²) in [6, 6.07) is 0. The summed E-state index contributed by atoms with van der Waals surface area (Å²) < 4.78 is 1.81. The molecular formula is C15H28N6. The van der Waals surface area contributed by atoms with Gasteiger partial charge >= 0.3 is 0 Å². The number of guanidine groups is 1. The Morgan fingerprint density at radius 3 is 2.76 bits per heavy atom. The lowest BCUT2D eigenvalue weighted by atomic mass is 10.1. The van der Waals surface area contributed by atoms with Crippen LogP contribution < -0.4 is 10.6 Å². The van der Waals surface area contributed by atoms with Crippen LogP contribution in [0.15, 0.2) is 17.4 Å². The van der Waals surface area contributed by atoms with Crippen LogP contribution in [0.3, 0.4) is 0 Å². The van der Waals surface area contributed by atoms with Gasteiger partial charge in [0.2, 0.25) is 0 Å². The summed E-state index contributed by atoms with van der Waals surface area (Å²) in [4.78, 5) is 7.13. The van der Waals surface area contributed by atoms with Crippen LogP contribution in [0.2, 0.25) is 0 Å². The lowest BCUT2D eigenvalue weighted by molar-refractivity contribution is 0.232. The van der Waals surface area contributed by atoms with Gasteiger partial charge in [-0.1, -0.05) is 6.42 Å². The quantitative estimate of drug-likeness (QED) is 0.606. The molecule has 1 aromatic rings. The molecule has 0 atom stereocenters. The number of likely N-dealkylation sites (tertiary alicyclic amines) is 1. The first kappa shape index (κ1) is 15.8. The molecule has 0 unspecified atom stereocenters. The van der Waals surface area contributed by atoms with Gasteiger partial charge in [0, 0.05) is 38.4 Å². The highest BCUT2D eigenvalue weighted by Gasteiger charge is 2.09. The smallest absolute Gasteiger partial charge is 0.191 e. The van der Waals surface area contributed by atoms with Gasteiger partial charge < -0.3 is 15.5 Å². The van der Waals surface area contributed by atoms with Crippen LogP contribution in [0, 0.1) is 0 Å². The van der Waals surface area contributed by atoms with E-state index in [2.05, 4.69) is 32.5 Å². The van der Waals surface area contributed by atoms with E-state index in [1.165, 1.54) is 32.4 Å². The fraction of sp³-hybridized carbons (Fsp3) is 0.733. The van der Waals surface area contributed by atoms with Gasteiger partial charge in [-0.2, -0.15) is 5.10 Å². The van der Waals surface area contributed by atoms with Crippen LogP contribution in [0.1, 0.15) is 31.7 Å². The molecule has 2 rings (SSSR count). The van der Waals surface area contributed by atoms with Crippen molar-refractivity contribution in [3.05, 3.63) is 18.0 Å². The highest BCUT2D eigenvalue weighted by molar-refractivity contribution is 5.79. The van der Waals surface area contributed by atoms with Crippen LogP contribution in [-0.4, -0.2) is 53.4 Å². The second-order valence-corrected chi connectivity index (χ2v) is 5.55. The molecule has 0 spiro atoms. The fourth-order valence-corrected chi connectivity index (χ4v) is 2.58. The number of piperidine rings is 1. The Kier molecular flexibility index (Phi) is 6.53. The van der Waals surface area contributed by atoms with E-state index in [-0.39, 0.29) is 0 Å². The van der Waals surface area contributed by atoms with Gasteiger partial charge in [0.05, 0.1) is 12.7 Å². The predicted molar refractivity (Wildman–Crippen MR) is 86.3 cm³/mol. The van der Waals surface area contributed by atoms with E-state index in [0.717, 1.165) is 31.2 Å². The molecule has 21 heavy (non-hydrogen) atoms. The first-order valence-corrected chi connectivity index (χ1v) is 8.00. The van der Waals surface area contributed by atoms with Crippen molar-refractivity contribution in [2.45, 2.75) is 32.7 Å². The van der Waals surface area contributed by atoms with E-state index in [4.69, 9.17) is 0 Å². The van der Waals surface area contributed by atoms with Crippen molar-refractivity contribution in [2.24, 2.45) is 12.0 Å². The molecule has 0 aliphatic carbocycles. The molecule has 1 saturated heterocycles. The summed E-state index contributed by atoms with van der Waals surface area (Å²) in [5.41, 5.74) is 1.13. The molecule has 118 valence electrons. The number of aryl methyl sites for hydroxylation is 1. The van der Waals surface area contributed by atoms with E-state index < -0.39 is 0 Å². The van der Waals surface area contributed by atoms with Gasteiger partial charge in [-0.25, -0.2) is 4.99 Å². The number of nitrogens with zero attached hydrogens (tertiary/aromatic N) is 4. The Morgan fingerprint density at radius 1 is 1.29 bits per heavy atom. The Bertz CT molecular complexity index is 433. The summed E-state index contributed by atoms with van der Waals surface area (Å²) in [6.45, 7) is 8.15. The van der Waals surface area contributed by atoms with E-state index in [1.54, 1.807) is 0 Å². The van der Waals surface area contributed by atoms with Crippen LogP contribution in [0.25, 0.3) is 0 Å². The highest BCUT2D eigenvalue weighted by Crippen LogP contribution is 2.07. The van der Waals surface area contributed by atoms with Crippen LogP contribution in [0.4, 0.5) is 0 Å². The van der Waals surface area contributed by atoms with Gasteiger partial charge in [-0.3, -0.25) is 4.68 Å². The van der Waals surface area contributed by atoms with E-state index >= 15 is 0 Å². The summed E-state index contributed by atoms with van der Waals surface area (Å²) in [5.74, 6) is 0.887. The van der Waals surface area contributed by atoms with Crippen LogP contribution in [0.5, 0.6) is 0 Å². The zero-order valence-corrected chi connectivity index (χ0v) is 13.3. The molecule has 0 bridgehead atoms. The Morgan fingerprint density at radius 2 is 2.10 bits per heavy atom. The second-order valence-electron chi connectivity index (χ2n) is 5.55. The summed E-state index contributed by atoms with van der Waals surface area (Å²) >= 11 is 0. The van der Waals surface area contributed by atoms with Gasteiger partial charge in [0.25, 0.3) is 0 Å². The molecular weight excluding hydrogens is 264 g/mol. The SMILES string of the molecule is CCNC(=NCc1cnn(C)c1)NCCN1CCCCC1. The molecule has 0 saturated carbocycles.